The molecule has 1 aromatic rings. The average molecular weight is 448 g/mol. The minimum Gasteiger partial charge on any atom is -0.478 e. The zero-order chi connectivity index (χ0) is 23.5. The van der Waals surface area contributed by atoms with Crippen molar-refractivity contribution in [1.82, 2.24) is 0 Å². The van der Waals surface area contributed by atoms with Crippen LogP contribution in [0.25, 0.3) is 0 Å². The van der Waals surface area contributed by atoms with E-state index in [1.807, 2.05) is 30.3 Å². The molecule has 0 amide bonds. The molecule has 3 heterocycles. The summed E-state index contributed by atoms with van der Waals surface area (Å²) in [5.74, 6) is -3.42. The van der Waals surface area contributed by atoms with Crippen LogP contribution in [0.15, 0.2) is 42.5 Å². The monoisotopic (exact) mass is 448 g/mol. The number of morpholine rings is 1. The first-order chi connectivity index (χ1) is 15.2. The molecule has 3 unspecified atom stereocenters. The van der Waals surface area contributed by atoms with Gasteiger partial charge in [-0.2, -0.15) is 0 Å². The third kappa shape index (κ3) is 5.01. The van der Waals surface area contributed by atoms with E-state index in [2.05, 4.69) is 14.0 Å². The van der Waals surface area contributed by atoms with Crippen molar-refractivity contribution >= 4 is 17.9 Å². The molecule has 0 aromatic heterocycles. The zero-order valence-electron chi connectivity index (χ0n) is 18.2. The summed E-state index contributed by atoms with van der Waals surface area (Å²) in [7, 11) is 2.31. The number of nitrogens with zero attached hydrogens (tertiary/aromatic N) is 1. The first-order valence-electron chi connectivity index (χ1n) is 10.7. The molecule has 3 aliphatic heterocycles. The van der Waals surface area contributed by atoms with Crippen molar-refractivity contribution in [1.29, 1.82) is 0 Å². The van der Waals surface area contributed by atoms with Gasteiger partial charge in [-0.25, -0.2) is 9.59 Å². The van der Waals surface area contributed by atoms with Crippen molar-refractivity contribution < 1.29 is 43.7 Å². The largest absolute Gasteiger partial charge is 0.478 e. The molecule has 9 heteroatoms. The molecule has 3 aliphatic rings. The topological polar surface area (TPSA) is 134 Å². The van der Waals surface area contributed by atoms with E-state index < -0.39 is 17.9 Å². The number of ether oxygens (including phenoxy) is 2. The lowest BCUT2D eigenvalue weighted by atomic mass is 9.95. The molecule has 7 atom stereocenters. The summed E-state index contributed by atoms with van der Waals surface area (Å²) in [6, 6.07) is 10.2. The van der Waals surface area contributed by atoms with Gasteiger partial charge in [-0.05, 0) is 12.5 Å². The van der Waals surface area contributed by atoms with Crippen LogP contribution in [0.5, 0.6) is 0 Å². The number of carbonyl (C=O) groups excluding carboxylic acids is 1. The maximum atomic E-state index is 12.6. The Morgan fingerprint density at radius 2 is 1.62 bits per heavy atom. The zero-order valence-corrected chi connectivity index (χ0v) is 18.2. The van der Waals surface area contributed by atoms with E-state index in [1.54, 1.807) is 0 Å². The van der Waals surface area contributed by atoms with E-state index in [4.69, 9.17) is 19.7 Å². The lowest BCUT2D eigenvalue weighted by Gasteiger charge is -2.47. The Hall–Kier alpha value is -2.75. The van der Waals surface area contributed by atoms with Crippen LogP contribution in [0.2, 0.25) is 0 Å². The molecule has 3 fully saturated rings. The molecular weight excluding hydrogens is 418 g/mol. The molecule has 4 rings (SSSR count). The van der Waals surface area contributed by atoms with Gasteiger partial charge in [0.25, 0.3) is 0 Å². The number of aliphatic hydroxyl groups is 1. The Morgan fingerprint density at radius 1 is 1.09 bits per heavy atom. The van der Waals surface area contributed by atoms with E-state index in [0.29, 0.717) is 36.4 Å². The number of fused-ring (bicyclic) bond motifs is 5. The van der Waals surface area contributed by atoms with Crippen LogP contribution in [0, 0.1) is 0 Å². The third-order valence-electron chi connectivity index (χ3n) is 6.85. The normalized spacial score (nSPS) is 32.9. The summed E-state index contributed by atoms with van der Waals surface area (Å²) in [4.78, 5) is 31.7. The number of piperidine rings is 1. The van der Waals surface area contributed by atoms with E-state index in [-0.39, 0.29) is 18.7 Å². The van der Waals surface area contributed by atoms with Gasteiger partial charge >= 0.3 is 17.9 Å². The predicted octanol–water partition coefficient (Wildman–Crippen LogP) is 1.16. The second-order valence-electron chi connectivity index (χ2n) is 8.55. The standard InChI is InChI=1S/C19H26NO4.C4H4O4/c1-3-20(2)15-9-13(10-16(20)18-17(15)24-18)23-19(22)14(11-21)12-7-5-4-6-8-12;5-3(6)1-2-4(7)8/h4-8,13-18,21H,3,9-11H2,1-2H3;1-2H,(H,5,6)(H,7,8)/q+1;/b;2-1-/t13?,14?,15-,16-,17-,18+,20?;/m0./s1. The summed E-state index contributed by atoms with van der Waals surface area (Å²) >= 11 is 0. The molecule has 2 bridgehead atoms. The number of quaternary nitrogens is 1. The Labute approximate surface area is 186 Å². The highest BCUT2D eigenvalue weighted by Crippen LogP contribution is 2.52. The molecule has 0 aliphatic carbocycles. The van der Waals surface area contributed by atoms with E-state index in [0.717, 1.165) is 29.4 Å². The van der Waals surface area contributed by atoms with Gasteiger partial charge in [0, 0.05) is 25.0 Å². The van der Waals surface area contributed by atoms with Crippen molar-refractivity contribution in [3.8, 4) is 0 Å². The number of epoxide rings is 1. The van der Waals surface area contributed by atoms with Crippen LogP contribution in [0.3, 0.4) is 0 Å². The van der Waals surface area contributed by atoms with Gasteiger partial charge in [-0.1, -0.05) is 30.3 Å². The first-order valence-corrected chi connectivity index (χ1v) is 10.7. The number of rotatable bonds is 7. The molecular formula is C23H30NO8+. The second-order valence-corrected chi connectivity index (χ2v) is 8.55. The van der Waals surface area contributed by atoms with Crippen molar-refractivity contribution in [3.05, 3.63) is 48.0 Å². The maximum Gasteiger partial charge on any atom is 0.328 e. The maximum absolute atomic E-state index is 12.6. The number of hydrogen-bond acceptors (Lipinski definition) is 6. The Kier molecular flexibility index (Phi) is 7.33. The van der Waals surface area contributed by atoms with Crippen LogP contribution in [-0.2, 0) is 23.9 Å². The van der Waals surface area contributed by atoms with Crippen LogP contribution in [-0.4, -0.2) is 88.3 Å². The minimum atomic E-state index is -1.26. The molecule has 3 saturated heterocycles. The molecule has 0 saturated carbocycles. The highest BCUT2D eigenvalue weighted by Gasteiger charge is 2.71. The van der Waals surface area contributed by atoms with Crippen LogP contribution in [0.1, 0.15) is 31.2 Å². The lowest BCUT2D eigenvalue weighted by molar-refractivity contribution is -0.954. The fourth-order valence-electron chi connectivity index (χ4n) is 5.01. The van der Waals surface area contributed by atoms with Gasteiger partial charge in [0.2, 0.25) is 0 Å². The van der Waals surface area contributed by atoms with E-state index in [1.165, 1.54) is 0 Å². The predicted molar refractivity (Wildman–Crippen MR) is 113 cm³/mol. The number of benzene rings is 1. The second kappa shape index (κ2) is 9.81. The van der Waals surface area contributed by atoms with Crippen LogP contribution < -0.4 is 0 Å². The number of aliphatic hydroxyl groups excluding tert-OH is 1. The number of hydrogen-bond donors (Lipinski definition) is 3. The highest BCUT2D eigenvalue weighted by molar-refractivity contribution is 5.89. The Balaban J connectivity index is 0.000000312. The quantitative estimate of drug-likeness (QED) is 0.245. The Morgan fingerprint density at radius 3 is 2.06 bits per heavy atom. The summed E-state index contributed by atoms with van der Waals surface area (Å²) in [5.41, 5.74) is 0.809. The fourth-order valence-corrected chi connectivity index (χ4v) is 5.01. The number of esters is 1. The molecule has 1 aromatic carbocycles. The number of likely N-dealkylation sites (N-methyl/N-ethyl adjacent to an activating group) is 1. The highest BCUT2D eigenvalue weighted by atomic mass is 16.6. The van der Waals surface area contributed by atoms with Crippen LogP contribution in [0.4, 0.5) is 0 Å². The molecule has 9 nitrogen and oxygen atoms in total. The van der Waals surface area contributed by atoms with Gasteiger partial charge < -0.3 is 29.3 Å². The SMILES string of the molecule is CC[N+]1(C)[C@H]2CC(OC(=O)C(CO)c3ccccc3)C[C@H]1[C@H]1O[C@H]12.O=C(O)/C=C\C(=O)O. The number of carboxylic acid groups (broad SMARTS) is 2. The van der Waals surface area contributed by atoms with Crippen molar-refractivity contribution in [2.75, 3.05) is 20.2 Å². The lowest BCUT2D eigenvalue weighted by Crippen LogP contribution is -2.62. The van der Waals surface area contributed by atoms with Gasteiger partial charge in [0.05, 0.1) is 20.2 Å². The molecule has 0 spiro atoms. The van der Waals surface area contributed by atoms with Crippen molar-refractivity contribution in [2.45, 2.75) is 56.1 Å². The summed E-state index contributed by atoms with van der Waals surface area (Å²) in [6.07, 6.45) is 3.49. The van der Waals surface area contributed by atoms with Crippen molar-refractivity contribution in [3.63, 3.8) is 0 Å². The smallest absolute Gasteiger partial charge is 0.328 e. The fraction of sp³-hybridized carbons (Fsp3) is 0.522. The third-order valence-corrected chi connectivity index (χ3v) is 6.85. The van der Waals surface area contributed by atoms with Crippen LogP contribution >= 0.6 is 0 Å². The molecule has 32 heavy (non-hydrogen) atoms. The van der Waals surface area contributed by atoms with Gasteiger partial charge in [-0.3, -0.25) is 4.79 Å². The van der Waals surface area contributed by atoms with E-state index >= 15 is 0 Å². The molecule has 0 radical (unpaired) electrons. The van der Waals surface area contributed by atoms with Crippen molar-refractivity contribution in [2.24, 2.45) is 0 Å². The number of carboxylic acids is 2. The average Bonchev–Trinajstić information content (AvgIpc) is 3.53. The first kappa shape index (κ1) is 23.9. The van der Waals surface area contributed by atoms with E-state index in [9.17, 15) is 19.5 Å². The number of carbonyl (C=O) groups is 3. The summed E-state index contributed by atoms with van der Waals surface area (Å²) in [5, 5.41) is 25.3. The summed E-state index contributed by atoms with van der Waals surface area (Å²) in [6.45, 7) is 3.10. The minimum absolute atomic E-state index is 0.0561. The Bertz CT molecular complexity index is 836. The number of aliphatic carboxylic acids is 2. The molecule has 3 N–H and O–H groups in total. The van der Waals surface area contributed by atoms with Gasteiger partial charge in [0.1, 0.15) is 36.3 Å². The molecule has 174 valence electrons. The summed E-state index contributed by atoms with van der Waals surface area (Å²) < 4.78 is 12.7. The van der Waals surface area contributed by atoms with Gasteiger partial charge in [0.15, 0.2) is 0 Å². The van der Waals surface area contributed by atoms with Gasteiger partial charge in [-0.15, -0.1) is 0 Å².